The molecule has 7 heteroatoms. The summed E-state index contributed by atoms with van der Waals surface area (Å²) in [5, 5.41) is 0. The molecule has 3 aliphatic rings. The van der Waals surface area contributed by atoms with Crippen LogP contribution in [0.2, 0.25) is 0 Å². The first-order valence-corrected chi connectivity index (χ1v) is 10.2. The lowest BCUT2D eigenvalue weighted by molar-refractivity contribution is -0.138. The molecule has 3 heterocycles. The second kappa shape index (κ2) is 7.78. The highest BCUT2D eigenvalue weighted by Gasteiger charge is 2.43. The van der Waals surface area contributed by atoms with Crippen LogP contribution in [0.1, 0.15) is 37.7 Å². The predicted molar refractivity (Wildman–Crippen MR) is 100 cm³/mol. The van der Waals surface area contributed by atoms with E-state index in [0.29, 0.717) is 38.2 Å². The Morgan fingerprint density at radius 1 is 1.07 bits per heavy atom. The maximum atomic E-state index is 14.0. The van der Waals surface area contributed by atoms with Crippen LogP contribution in [0.15, 0.2) is 18.2 Å². The van der Waals surface area contributed by atoms with E-state index in [-0.39, 0.29) is 23.8 Å². The number of nitrogens with zero attached hydrogens (tertiary/aromatic N) is 3. The molecule has 5 nitrogen and oxygen atoms in total. The molecule has 3 saturated heterocycles. The Morgan fingerprint density at radius 2 is 1.93 bits per heavy atom. The fraction of sp³-hybridized carbons (Fsp3) is 0.619. The zero-order chi connectivity index (χ0) is 19.7. The molecular weight excluding hydrogens is 364 g/mol. The highest BCUT2D eigenvalue weighted by atomic mass is 19.2. The van der Waals surface area contributed by atoms with Crippen molar-refractivity contribution in [3.8, 4) is 0 Å². The maximum Gasteiger partial charge on any atom is 0.242 e. The van der Waals surface area contributed by atoms with Gasteiger partial charge in [0.25, 0.3) is 0 Å². The van der Waals surface area contributed by atoms with Crippen molar-refractivity contribution in [2.24, 2.45) is 5.41 Å². The van der Waals surface area contributed by atoms with Gasteiger partial charge in [0.15, 0.2) is 11.6 Å². The second-order valence-corrected chi connectivity index (χ2v) is 8.51. The van der Waals surface area contributed by atoms with Crippen molar-refractivity contribution in [2.45, 2.75) is 38.6 Å². The van der Waals surface area contributed by atoms with Crippen LogP contribution in [0.25, 0.3) is 0 Å². The van der Waals surface area contributed by atoms with Crippen LogP contribution >= 0.6 is 0 Å². The molecule has 0 aliphatic carbocycles. The van der Waals surface area contributed by atoms with Crippen molar-refractivity contribution in [3.63, 3.8) is 0 Å². The fourth-order valence-electron chi connectivity index (χ4n) is 4.97. The van der Waals surface area contributed by atoms with E-state index < -0.39 is 11.6 Å². The summed E-state index contributed by atoms with van der Waals surface area (Å²) in [4.78, 5) is 30.2. The van der Waals surface area contributed by atoms with Gasteiger partial charge in [0, 0.05) is 50.1 Å². The molecule has 0 bridgehead atoms. The molecule has 1 unspecified atom stereocenters. The zero-order valence-electron chi connectivity index (χ0n) is 16.1. The van der Waals surface area contributed by atoms with E-state index in [9.17, 15) is 18.4 Å². The Balaban J connectivity index is 1.36. The van der Waals surface area contributed by atoms with Gasteiger partial charge in [-0.05, 0) is 38.3 Å². The average molecular weight is 391 g/mol. The van der Waals surface area contributed by atoms with Gasteiger partial charge >= 0.3 is 0 Å². The Morgan fingerprint density at radius 3 is 2.71 bits per heavy atom. The van der Waals surface area contributed by atoms with Crippen LogP contribution in [0.4, 0.5) is 8.78 Å². The van der Waals surface area contributed by atoms with Crippen LogP contribution in [0.5, 0.6) is 0 Å². The molecule has 4 rings (SSSR count). The summed E-state index contributed by atoms with van der Waals surface area (Å²) in [5.41, 5.74) is 0.405. The molecular formula is C21H27F2N3O2. The minimum absolute atomic E-state index is 0.0206. The van der Waals surface area contributed by atoms with E-state index in [1.54, 1.807) is 17.0 Å². The lowest BCUT2D eigenvalue weighted by Gasteiger charge is -2.40. The molecule has 0 N–H and O–H groups in total. The summed E-state index contributed by atoms with van der Waals surface area (Å²) in [5.74, 6) is -1.47. The van der Waals surface area contributed by atoms with Crippen molar-refractivity contribution in [1.82, 2.24) is 14.7 Å². The van der Waals surface area contributed by atoms with E-state index in [0.717, 1.165) is 44.8 Å². The molecule has 28 heavy (non-hydrogen) atoms. The number of hydrogen-bond acceptors (Lipinski definition) is 3. The van der Waals surface area contributed by atoms with Gasteiger partial charge in [-0.3, -0.25) is 14.5 Å². The van der Waals surface area contributed by atoms with E-state index in [1.165, 1.54) is 0 Å². The summed E-state index contributed by atoms with van der Waals surface area (Å²) in [6.45, 7) is 4.30. The number of amides is 2. The highest BCUT2D eigenvalue weighted by Crippen LogP contribution is 2.39. The van der Waals surface area contributed by atoms with Gasteiger partial charge in [-0.15, -0.1) is 0 Å². The molecule has 1 spiro atoms. The van der Waals surface area contributed by atoms with E-state index >= 15 is 0 Å². The molecule has 0 aromatic heterocycles. The first-order chi connectivity index (χ1) is 13.5. The third kappa shape index (κ3) is 3.90. The minimum atomic E-state index is -0.807. The molecule has 3 aliphatic heterocycles. The number of piperidine rings is 1. The Kier molecular flexibility index (Phi) is 5.36. The summed E-state index contributed by atoms with van der Waals surface area (Å²) in [7, 11) is 0. The smallest absolute Gasteiger partial charge is 0.242 e. The SMILES string of the molecule is O=C1CCCN1CC(=O)N1CCC2(CCCN(Cc3cccc(F)c3F)C2)C1. The standard InChI is InChI=1S/C21H27F2N3O2/c22-17-5-1-4-16(20(17)23)12-24-9-3-7-21(14-24)8-11-26(15-21)19(28)13-25-10-2-6-18(25)27/h1,4-5H,2-3,6-15H2. The van der Waals surface area contributed by atoms with Gasteiger partial charge in [-0.1, -0.05) is 12.1 Å². The monoisotopic (exact) mass is 391 g/mol. The van der Waals surface area contributed by atoms with Crippen LogP contribution in [-0.2, 0) is 16.1 Å². The number of carbonyl (C=O) groups is 2. The van der Waals surface area contributed by atoms with Gasteiger partial charge < -0.3 is 9.80 Å². The lowest BCUT2D eigenvalue weighted by atomic mass is 9.79. The van der Waals surface area contributed by atoms with Crippen LogP contribution in [0, 0.1) is 17.0 Å². The minimum Gasteiger partial charge on any atom is -0.341 e. The topological polar surface area (TPSA) is 43.9 Å². The summed E-state index contributed by atoms with van der Waals surface area (Å²) in [6.07, 6.45) is 4.34. The molecule has 0 saturated carbocycles. The fourth-order valence-corrected chi connectivity index (χ4v) is 4.97. The summed E-state index contributed by atoms with van der Waals surface area (Å²) >= 11 is 0. The zero-order valence-corrected chi connectivity index (χ0v) is 16.1. The number of hydrogen-bond donors (Lipinski definition) is 0. The molecule has 152 valence electrons. The van der Waals surface area contributed by atoms with E-state index in [1.807, 2.05) is 4.90 Å². The Labute approximate surface area is 164 Å². The molecule has 1 aromatic carbocycles. The first-order valence-electron chi connectivity index (χ1n) is 10.2. The summed E-state index contributed by atoms with van der Waals surface area (Å²) < 4.78 is 27.5. The van der Waals surface area contributed by atoms with E-state index in [4.69, 9.17) is 0 Å². The van der Waals surface area contributed by atoms with Gasteiger partial charge in [0.1, 0.15) is 0 Å². The Hall–Kier alpha value is -2.02. The van der Waals surface area contributed by atoms with Crippen molar-refractivity contribution in [1.29, 1.82) is 0 Å². The molecule has 1 aromatic rings. The molecule has 1 atom stereocenters. The number of halogens is 2. The van der Waals surface area contributed by atoms with Gasteiger partial charge in [0.05, 0.1) is 6.54 Å². The van der Waals surface area contributed by atoms with Crippen LogP contribution < -0.4 is 0 Å². The van der Waals surface area contributed by atoms with E-state index in [2.05, 4.69) is 4.90 Å². The largest absolute Gasteiger partial charge is 0.341 e. The van der Waals surface area contributed by atoms with Gasteiger partial charge in [0.2, 0.25) is 11.8 Å². The van der Waals surface area contributed by atoms with Crippen LogP contribution in [0.3, 0.4) is 0 Å². The third-order valence-electron chi connectivity index (χ3n) is 6.45. The van der Waals surface area contributed by atoms with Crippen molar-refractivity contribution >= 4 is 11.8 Å². The quantitative estimate of drug-likeness (QED) is 0.792. The van der Waals surface area contributed by atoms with Crippen molar-refractivity contribution in [3.05, 3.63) is 35.4 Å². The number of rotatable bonds is 4. The first kappa shape index (κ1) is 19.3. The maximum absolute atomic E-state index is 14.0. The van der Waals surface area contributed by atoms with Crippen LogP contribution in [-0.4, -0.2) is 65.8 Å². The normalized spacial score (nSPS) is 25.9. The second-order valence-electron chi connectivity index (χ2n) is 8.51. The summed E-state index contributed by atoms with van der Waals surface area (Å²) in [6, 6.07) is 4.32. The molecule has 3 fully saturated rings. The lowest BCUT2D eigenvalue weighted by Crippen LogP contribution is -2.46. The molecule has 0 radical (unpaired) electrons. The number of carbonyl (C=O) groups excluding carboxylic acids is 2. The Bertz CT molecular complexity index is 772. The van der Waals surface area contributed by atoms with Gasteiger partial charge in [-0.25, -0.2) is 8.78 Å². The average Bonchev–Trinajstić information content (AvgIpc) is 3.26. The number of benzene rings is 1. The van der Waals surface area contributed by atoms with Gasteiger partial charge in [-0.2, -0.15) is 0 Å². The number of likely N-dealkylation sites (tertiary alicyclic amines) is 3. The van der Waals surface area contributed by atoms with Crippen molar-refractivity contribution < 1.29 is 18.4 Å². The predicted octanol–water partition coefficient (Wildman–Crippen LogP) is 2.40. The highest BCUT2D eigenvalue weighted by molar-refractivity contribution is 5.86. The third-order valence-corrected chi connectivity index (χ3v) is 6.45. The van der Waals surface area contributed by atoms with Crippen molar-refractivity contribution in [2.75, 3.05) is 39.3 Å². The molecule has 2 amide bonds.